The van der Waals surface area contributed by atoms with Crippen molar-refractivity contribution < 1.29 is 27.4 Å². The van der Waals surface area contributed by atoms with Crippen LogP contribution in [-0.4, -0.2) is 31.9 Å². The fourth-order valence-electron chi connectivity index (χ4n) is 1.64. The van der Waals surface area contributed by atoms with Crippen LogP contribution in [0.2, 0.25) is 0 Å². The van der Waals surface area contributed by atoms with Gasteiger partial charge in [0.1, 0.15) is 0 Å². The number of methoxy groups -OCH3 is 1. The van der Waals surface area contributed by atoms with E-state index >= 15 is 0 Å². The smallest absolute Gasteiger partial charge is 0.469 e. The van der Waals surface area contributed by atoms with Gasteiger partial charge in [0.25, 0.3) is 0 Å². The molecule has 1 aromatic carbocycles. The fraction of sp³-hybridized carbons (Fsp3) is 0.429. The molecule has 1 aromatic rings. The maximum absolute atomic E-state index is 12.3. The zero-order valence-corrected chi connectivity index (χ0v) is 15.3. The highest BCUT2D eigenvalue weighted by Crippen LogP contribution is 2.29. The zero-order chi connectivity index (χ0) is 17.3. The van der Waals surface area contributed by atoms with Crippen LogP contribution in [0.25, 0.3) is 0 Å². The molecule has 0 aliphatic rings. The molecule has 0 spiro atoms. The number of alkyl halides is 3. The molecule has 0 radical (unpaired) electrons. The van der Waals surface area contributed by atoms with E-state index in [4.69, 9.17) is 5.73 Å². The summed E-state index contributed by atoms with van der Waals surface area (Å²) >= 11 is 0. The molecule has 0 saturated carbocycles. The van der Waals surface area contributed by atoms with Crippen LogP contribution in [-0.2, 0) is 9.53 Å². The van der Waals surface area contributed by atoms with Crippen LogP contribution in [0.1, 0.15) is 19.3 Å². The first-order valence-electron chi connectivity index (χ1n) is 6.80. The number of para-hydroxylation sites is 2. The number of nitrogens with zero attached hydrogens (tertiary/aromatic N) is 1. The van der Waals surface area contributed by atoms with Crippen LogP contribution in [0.4, 0.5) is 18.9 Å². The highest BCUT2D eigenvalue weighted by molar-refractivity contribution is 14.0. The molecule has 10 heteroatoms. The van der Waals surface area contributed by atoms with Crippen LogP contribution in [0, 0.1) is 0 Å². The van der Waals surface area contributed by atoms with Gasteiger partial charge in [-0.3, -0.25) is 9.79 Å². The van der Waals surface area contributed by atoms with Gasteiger partial charge in [0.05, 0.1) is 12.8 Å². The van der Waals surface area contributed by atoms with Crippen molar-refractivity contribution in [2.75, 3.05) is 19.0 Å². The Balaban J connectivity index is 0.00000529. The third-order valence-corrected chi connectivity index (χ3v) is 2.67. The molecule has 0 amide bonds. The largest absolute Gasteiger partial charge is 0.573 e. The first-order chi connectivity index (χ1) is 10.8. The second-order valence-electron chi connectivity index (χ2n) is 4.47. The monoisotopic (exact) mass is 461 g/mol. The van der Waals surface area contributed by atoms with Crippen LogP contribution < -0.4 is 15.8 Å². The lowest BCUT2D eigenvalue weighted by atomic mass is 10.2. The minimum atomic E-state index is -4.79. The number of carbonyl (C=O) groups is 1. The van der Waals surface area contributed by atoms with E-state index in [1.807, 2.05) is 0 Å². The predicted octanol–water partition coefficient (Wildman–Crippen LogP) is 3.27. The lowest BCUT2D eigenvalue weighted by Gasteiger charge is -2.14. The van der Waals surface area contributed by atoms with Crippen molar-refractivity contribution in [2.24, 2.45) is 10.7 Å². The summed E-state index contributed by atoms with van der Waals surface area (Å²) in [6.45, 7) is 0.331. The van der Waals surface area contributed by atoms with Gasteiger partial charge in [0.2, 0.25) is 0 Å². The predicted molar refractivity (Wildman–Crippen MR) is 94.5 cm³/mol. The number of carbonyl (C=O) groups excluding carboxylic acids is 1. The van der Waals surface area contributed by atoms with Gasteiger partial charge in [-0.2, -0.15) is 0 Å². The van der Waals surface area contributed by atoms with Crippen molar-refractivity contribution >= 4 is 41.6 Å². The molecule has 0 atom stereocenters. The summed E-state index contributed by atoms with van der Waals surface area (Å²) in [6, 6.07) is 5.50. The Morgan fingerprint density at radius 2 is 1.96 bits per heavy atom. The Bertz CT molecular complexity index is 554. The number of hydrogen-bond donors (Lipinski definition) is 2. The lowest BCUT2D eigenvalue weighted by Crippen LogP contribution is -2.24. The van der Waals surface area contributed by atoms with Gasteiger partial charge < -0.3 is 20.5 Å². The van der Waals surface area contributed by atoms with Crippen LogP contribution in [0.5, 0.6) is 5.75 Å². The Morgan fingerprint density at radius 1 is 1.29 bits per heavy atom. The number of aliphatic imine (C=N–C) groups is 1. The summed E-state index contributed by atoms with van der Waals surface area (Å²) < 4.78 is 45.3. The number of guanidine groups is 1. The van der Waals surface area contributed by atoms with Crippen molar-refractivity contribution in [1.29, 1.82) is 0 Å². The Labute approximate surface area is 154 Å². The van der Waals surface area contributed by atoms with Gasteiger partial charge in [-0.15, -0.1) is 37.1 Å². The number of unbranched alkanes of at least 4 members (excludes halogenated alkanes) is 1. The van der Waals surface area contributed by atoms with Gasteiger partial charge in [-0.1, -0.05) is 12.1 Å². The zero-order valence-electron chi connectivity index (χ0n) is 12.9. The number of nitrogens with one attached hydrogen (secondary N) is 1. The molecule has 0 bridgehead atoms. The number of ether oxygens (including phenoxy) is 2. The van der Waals surface area contributed by atoms with E-state index in [1.54, 1.807) is 0 Å². The van der Waals surface area contributed by atoms with Crippen LogP contribution in [0.3, 0.4) is 0 Å². The first-order valence-corrected chi connectivity index (χ1v) is 6.80. The third-order valence-electron chi connectivity index (χ3n) is 2.67. The molecule has 0 aliphatic carbocycles. The summed E-state index contributed by atoms with van der Waals surface area (Å²) in [5.74, 6) is -0.747. The first kappa shape index (κ1) is 22.3. The maximum Gasteiger partial charge on any atom is 0.573 e. The second-order valence-corrected chi connectivity index (χ2v) is 4.47. The summed E-state index contributed by atoms with van der Waals surface area (Å²) in [5, 5.41) is 2.56. The fourth-order valence-corrected chi connectivity index (χ4v) is 1.64. The summed E-state index contributed by atoms with van der Waals surface area (Å²) in [6.07, 6.45) is -3.34. The molecule has 24 heavy (non-hydrogen) atoms. The number of hydrogen-bond acceptors (Lipinski definition) is 4. The van der Waals surface area contributed by atoms with Crippen LogP contribution >= 0.6 is 24.0 Å². The maximum atomic E-state index is 12.3. The highest BCUT2D eigenvalue weighted by atomic mass is 127. The summed E-state index contributed by atoms with van der Waals surface area (Å²) in [5.41, 5.74) is 5.67. The van der Waals surface area contributed by atoms with Gasteiger partial charge in [0.15, 0.2) is 11.7 Å². The van der Waals surface area contributed by atoms with Gasteiger partial charge >= 0.3 is 12.3 Å². The van der Waals surface area contributed by atoms with E-state index in [2.05, 4.69) is 19.8 Å². The molecule has 1 rings (SSSR count). The Hall–Kier alpha value is -1.72. The summed E-state index contributed by atoms with van der Waals surface area (Å²) in [4.78, 5) is 14.9. The molecule has 0 aromatic heterocycles. The molecular formula is C14H19F3IN3O3. The minimum absolute atomic E-state index is 0. The normalized spacial score (nSPS) is 11.4. The SMILES string of the molecule is COC(=O)CCCCN=C(N)Nc1ccccc1OC(F)(F)F.I. The van der Waals surface area contributed by atoms with Crippen molar-refractivity contribution in [3.8, 4) is 5.75 Å². The standard InChI is InChI=1S/C14H18F3N3O3.HI/c1-22-12(21)8-4-5-9-19-13(18)20-10-6-2-3-7-11(10)23-14(15,16)17;/h2-3,6-7H,4-5,8-9H2,1H3,(H3,18,19,20);1H. The van der Waals surface area contributed by atoms with E-state index in [9.17, 15) is 18.0 Å². The molecule has 6 nitrogen and oxygen atoms in total. The van der Waals surface area contributed by atoms with Crippen LogP contribution in [0.15, 0.2) is 29.3 Å². The number of halogens is 4. The number of benzene rings is 1. The molecule has 0 unspecified atom stereocenters. The molecule has 0 saturated heterocycles. The number of nitrogens with two attached hydrogens (primary N) is 1. The Morgan fingerprint density at radius 3 is 2.58 bits per heavy atom. The quantitative estimate of drug-likeness (QED) is 0.214. The van der Waals surface area contributed by atoms with E-state index in [0.717, 1.165) is 0 Å². The van der Waals surface area contributed by atoms with Crippen molar-refractivity contribution in [3.05, 3.63) is 24.3 Å². The lowest BCUT2D eigenvalue weighted by molar-refractivity contribution is -0.274. The van der Waals surface area contributed by atoms with Gasteiger partial charge in [-0.05, 0) is 25.0 Å². The van der Waals surface area contributed by atoms with Gasteiger partial charge in [0, 0.05) is 13.0 Å². The van der Waals surface area contributed by atoms with Gasteiger partial charge in [-0.25, -0.2) is 0 Å². The molecule has 136 valence electrons. The number of esters is 1. The van der Waals surface area contributed by atoms with E-state index < -0.39 is 12.1 Å². The number of rotatable bonds is 7. The average Bonchev–Trinajstić information content (AvgIpc) is 2.47. The minimum Gasteiger partial charge on any atom is -0.469 e. The van der Waals surface area contributed by atoms with Crippen molar-refractivity contribution in [1.82, 2.24) is 0 Å². The molecule has 0 aliphatic heterocycles. The molecule has 0 fully saturated rings. The topological polar surface area (TPSA) is 85.9 Å². The van der Waals surface area contributed by atoms with E-state index in [1.165, 1.54) is 31.4 Å². The summed E-state index contributed by atoms with van der Waals surface area (Å²) in [7, 11) is 1.31. The number of anilines is 1. The van der Waals surface area contributed by atoms with E-state index in [0.29, 0.717) is 19.4 Å². The third kappa shape index (κ3) is 9.43. The van der Waals surface area contributed by atoms with E-state index in [-0.39, 0.29) is 48.0 Å². The molecule has 0 heterocycles. The molecule has 3 N–H and O–H groups in total. The highest BCUT2D eigenvalue weighted by Gasteiger charge is 2.32. The van der Waals surface area contributed by atoms with Crippen molar-refractivity contribution in [2.45, 2.75) is 25.6 Å². The average molecular weight is 461 g/mol. The van der Waals surface area contributed by atoms with Crippen molar-refractivity contribution in [3.63, 3.8) is 0 Å². The Kier molecular flexibility index (Phi) is 10.2. The molecular weight excluding hydrogens is 442 g/mol. The second kappa shape index (κ2) is 10.9.